The highest BCUT2D eigenvalue weighted by molar-refractivity contribution is 5.84. The molecule has 6 heteroatoms. The van der Waals surface area contributed by atoms with Gasteiger partial charge in [-0.25, -0.2) is 15.0 Å². The summed E-state index contributed by atoms with van der Waals surface area (Å²) in [7, 11) is 0. The van der Waals surface area contributed by atoms with E-state index in [9.17, 15) is 4.79 Å². The van der Waals surface area contributed by atoms with E-state index in [1.54, 1.807) is 0 Å². The van der Waals surface area contributed by atoms with Crippen LogP contribution >= 0.6 is 0 Å². The normalized spacial score (nSPS) is 15.3. The fourth-order valence-electron chi connectivity index (χ4n) is 2.88. The Hall–Kier alpha value is -2.76. The summed E-state index contributed by atoms with van der Waals surface area (Å²) in [6.07, 6.45) is 8.60. The third-order valence-corrected chi connectivity index (χ3v) is 4.31. The summed E-state index contributed by atoms with van der Waals surface area (Å²) in [6.45, 7) is 3.46. The van der Waals surface area contributed by atoms with Crippen LogP contribution in [0.3, 0.4) is 0 Å². The summed E-state index contributed by atoms with van der Waals surface area (Å²) < 4.78 is 0. The van der Waals surface area contributed by atoms with Crippen LogP contribution in [-0.4, -0.2) is 38.8 Å². The van der Waals surface area contributed by atoms with Crippen molar-refractivity contribution in [1.29, 1.82) is 0 Å². The predicted molar refractivity (Wildman–Crippen MR) is 88.3 cm³/mol. The minimum Gasteiger partial charge on any atom is -0.346 e. The molecular formula is C17H17N5O. The van der Waals surface area contributed by atoms with Crippen molar-refractivity contribution in [1.82, 2.24) is 19.9 Å². The van der Waals surface area contributed by atoms with Gasteiger partial charge in [0.15, 0.2) is 0 Å². The summed E-state index contributed by atoms with van der Waals surface area (Å²) >= 11 is 0. The molecule has 0 aliphatic carbocycles. The maximum absolute atomic E-state index is 11.3. The summed E-state index contributed by atoms with van der Waals surface area (Å²) in [5.41, 5.74) is 4.00. The molecule has 116 valence electrons. The van der Waals surface area contributed by atoms with Crippen LogP contribution in [0.5, 0.6) is 0 Å². The SMILES string of the molecule is Cc1c[nH]c2ncc(-c3cnc(N4CCC(=O)CC4)nc3)cc12. The van der Waals surface area contributed by atoms with Crippen molar-refractivity contribution in [2.75, 3.05) is 18.0 Å². The van der Waals surface area contributed by atoms with E-state index in [1.807, 2.05) is 24.8 Å². The predicted octanol–water partition coefficient (Wildman–Crippen LogP) is 2.50. The average molecular weight is 307 g/mol. The highest BCUT2D eigenvalue weighted by Crippen LogP contribution is 2.24. The number of fused-ring (bicyclic) bond motifs is 1. The molecule has 0 radical (unpaired) electrons. The van der Waals surface area contributed by atoms with E-state index >= 15 is 0 Å². The molecule has 0 aromatic carbocycles. The van der Waals surface area contributed by atoms with Gasteiger partial charge in [0, 0.05) is 67.2 Å². The van der Waals surface area contributed by atoms with Crippen LogP contribution in [0.2, 0.25) is 0 Å². The van der Waals surface area contributed by atoms with Crippen LogP contribution in [0.4, 0.5) is 5.95 Å². The van der Waals surface area contributed by atoms with Crippen molar-refractivity contribution >= 4 is 22.8 Å². The minimum absolute atomic E-state index is 0.319. The molecule has 0 bridgehead atoms. The zero-order valence-electron chi connectivity index (χ0n) is 12.9. The monoisotopic (exact) mass is 307 g/mol. The maximum Gasteiger partial charge on any atom is 0.225 e. The van der Waals surface area contributed by atoms with Crippen LogP contribution in [-0.2, 0) is 4.79 Å². The fourth-order valence-corrected chi connectivity index (χ4v) is 2.88. The molecule has 23 heavy (non-hydrogen) atoms. The van der Waals surface area contributed by atoms with Gasteiger partial charge in [0.25, 0.3) is 0 Å². The van der Waals surface area contributed by atoms with Crippen molar-refractivity contribution in [2.45, 2.75) is 19.8 Å². The Balaban J connectivity index is 1.61. The Labute approximate surface area is 133 Å². The number of Topliss-reactive ketones (excluding diaryl/α,β-unsaturated/α-hetero) is 1. The number of aryl methyl sites for hydroxylation is 1. The third-order valence-electron chi connectivity index (χ3n) is 4.31. The molecule has 1 aliphatic rings. The van der Waals surface area contributed by atoms with Gasteiger partial charge in [-0.1, -0.05) is 0 Å². The number of aromatic amines is 1. The lowest BCUT2D eigenvalue weighted by Gasteiger charge is -2.25. The zero-order valence-corrected chi connectivity index (χ0v) is 12.9. The van der Waals surface area contributed by atoms with Crippen LogP contribution in [0.25, 0.3) is 22.2 Å². The number of hydrogen-bond acceptors (Lipinski definition) is 5. The van der Waals surface area contributed by atoms with Crippen LogP contribution < -0.4 is 4.90 Å². The second-order valence-electron chi connectivity index (χ2n) is 5.89. The summed E-state index contributed by atoms with van der Waals surface area (Å²) in [5.74, 6) is 1.01. The van der Waals surface area contributed by atoms with Gasteiger partial charge in [0.1, 0.15) is 11.4 Å². The molecule has 1 saturated heterocycles. The molecular weight excluding hydrogens is 290 g/mol. The number of anilines is 1. The van der Waals surface area contributed by atoms with Gasteiger partial charge in [-0.2, -0.15) is 0 Å². The van der Waals surface area contributed by atoms with Gasteiger partial charge in [0.05, 0.1) is 0 Å². The molecule has 4 heterocycles. The first kappa shape index (κ1) is 13.9. The first-order valence-corrected chi connectivity index (χ1v) is 7.73. The highest BCUT2D eigenvalue weighted by Gasteiger charge is 2.18. The largest absolute Gasteiger partial charge is 0.346 e. The third kappa shape index (κ3) is 2.56. The number of pyridine rings is 1. The van der Waals surface area contributed by atoms with E-state index in [4.69, 9.17) is 0 Å². The highest BCUT2D eigenvalue weighted by atomic mass is 16.1. The van der Waals surface area contributed by atoms with Gasteiger partial charge < -0.3 is 9.88 Å². The lowest BCUT2D eigenvalue weighted by atomic mass is 10.1. The maximum atomic E-state index is 11.3. The Morgan fingerprint density at radius 2 is 1.74 bits per heavy atom. The fraction of sp³-hybridized carbons (Fsp3) is 0.294. The second-order valence-corrected chi connectivity index (χ2v) is 5.89. The van der Waals surface area contributed by atoms with Crippen molar-refractivity contribution in [3.8, 4) is 11.1 Å². The number of H-pyrrole nitrogens is 1. The number of carbonyl (C=O) groups excluding carboxylic acids is 1. The van der Waals surface area contributed by atoms with Gasteiger partial charge in [-0.3, -0.25) is 4.79 Å². The molecule has 1 N–H and O–H groups in total. The smallest absolute Gasteiger partial charge is 0.225 e. The van der Waals surface area contributed by atoms with Crippen molar-refractivity contribution < 1.29 is 4.79 Å². The van der Waals surface area contributed by atoms with Crippen molar-refractivity contribution in [2.24, 2.45) is 0 Å². The number of ketones is 1. The molecule has 3 aromatic rings. The average Bonchev–Trinajstić information content (AvgIpc) is 2.96. The number of hydrogen-bond donors (Lipinski definition) is 1. The number of nitrogens with one attached hydrogen (secondary N) is 1. The van der Waals surface area contributed by atoms with Gasteiger partial charge in [-0.15, -0.1) is 0 Å². The lowest BCUT2D eigenvalue weighted by Crippen LogP contribution is -2.34. The Morgan fingerprint density at radius 1 is 1.04 bits per heavy atom. The minimum atomic E-state index is 0.319. The number of carbonyl (C=O) groups is 1. The van der Waals surface area contributed by atoms with E-state index in [0.29, 0.717) is 37.7 Å². The quantitative estimate of drug-likeness (QED) is 0.787. The Bertz CT molecular complexity index is 858. The summed E-state index contributed by atoms with van der Waals surface area (Å²) in [4.78, 5) is 29.9. The molecule has 0 saturated carbocycles. The molecule has 1 aliphatic heterocycles. The first-order valence-electron chi connectivity index (χ1n) is 7.73. The molecule has 0 atom stereocenters. The first-order chi connectivity index (χ1) is 11.2. The van der Waals surface area contributed by atoms with Crippen molar-refractivity contribution in [3.63, 3.8) is 0 Å². The topological polar surface area (TPSA) is 74.8 Å². The molecule has 0 unspecified atom stereocenters. The lowest BCUT2D eigenvalue weighted by molar-refractivity contribution is -0.119. The standard InChI is InChI=1S/C17H17N5O/c1-11-7-18-16-15(11)6-12(8-19-16)13-9-20-17(21-10-13)22-4-2-14(23)3-5-22/h6-10H,2-5H2,1H3,(H,18,19). The zero-order chi connectivity index (χ0) is 15.8. The Morgan fingerprint density at radius 3 is 2.48 bits per heavy atom. The van der Waals surface area contributed by atoms with Crippen molar-refractivity contribution in [3.05, 3.63) is 36.4 Å². The van der Waals surface area contributed by atoms with E-state index in [0.717, 1.165) is 22.2 Å². The summed E-state index contributed by atoms with van der Waals surface area (Å²) in [5, 5.41) is 1.11. The van der Waals surface area contributed by atoms with Crippen LogP contribution in [0.15, 0.2) is 30.9 Å². The number of piperidine rings is 1. The molecule has 1 fully saturated rings. The van der Waals surface area contributed by atoms with E-state index in [1.165, 1.54) is 5.56 Å². The number of nitrogens with zero attached hydrogens (tertiary/aromatic N) is 4. The second kappa shape index (κ2) is 5.46. The van der Waals surface area contributed by atoms with Gasteiger partial charge in [-0.05, 0) is 18.6 Å². The number of rotatable bonds is 2. The molecule has 6 nitrogen and oxygen atoms in total. The molecule has 4 rings (SSSR count). The van der Waals surface area contributed by atoms with E-state index in [2.05, 4.69) is 37.8 Å². The van der Waals surface area contributed by atoms with E-state index < -0.39 is 0 Å². The van der Waals surface area contributed by atoms with E-state index in [-0.39, 0.29) is 0 Å². The number of aromatic nitrogens is 4. The molecule has 0 amide bonds. The Kier molecular flexibility index (Phi) is 3.29. The van der Waals surface area contributed by atoms with Gasteiger partial charge >= 0.3 is 0 Å². The van der Waals surface area contributed by atoms with Gasteiger partial charge in [0.2, 0.25) is 5.95 Å². The molecule has 0 spiro atoms. The summed E-state index contributed by atoms with van der Waals surface area (Å²) in [6, 6.07) is 2.10. The molecule has 3 aromatic heterocycles. The van der Waals surface area contributed by atoms with Crippen LogP contribution in [0.1, 0.15) is 18.4 Å². The van der Waals surface area contributed by atoms with Crippen LogP contribution in [0, 0.1) is 6.92 Å².